The number of rotatable bonds is 5. The van der Waals surface area contributed by atoms with Crippen molar-refractivity contribution in [3.05, 3.63) is 75.3 Å². The van der Waals surface area contributed by atoms with Crippen LogP contribution in [0.3, 0.4) is 0 Å². The molecule has 27 heavy (non-hydrogen) atoms. The summed E-state index contributed by atoms with van der Waals surface area (Å²) in [4.78, 5) is 2.94. The van der Waals surface area contributed by atoms with E-state index in [2.05, 4.69) is 5.32 Å². The molecule has 0 aliphatic rings. The number of furan rings is 1. The molecule has 0 saturated carbocycles. The van der Waals surface area contributed by atoms with Crippen LogP contribution in [0.15, 0.2) is 58.5 Å². The van der Waals surface area contributed by atoms with Crippen molar-refractivity contribution in [2.24, 2.45) is 0 Å². The Balaban J connectivity index is 1.77. The molecule has 3 nitrogen and oxygen atoms in total. The SMILES string of the molecule is FC(F)(F)c1ccc(NC(=S)N(Cc2ccco2)Cc2cccs2)c(Cl)c1. The lowest BCUT2D eigenvalue weighted by atomic mass is 10.2. The first kappa shape index (κ1) is 19.7. The van der Waals surface area contributed by atoms with Crippen LogP contribution in [-0.4, -0.2) is 10.0 Å². The molecule has 0 radical (unpaired) electrons. The Bertz CT molecular complexity index is 860. The summed E-state index contributed by atoms with van der Waals surface area (Å²) in [6, 6.07) is 10.6. The molecule has 0 aliphatic heterocycles. The van der Waals surface area contributed by atoms with E-state index in [-0.39, 0.29) is 5.02 Å². The summed E-state index contributed by atoms with van der Waals surface area (Å²) >= 11 is 13.1. The molecular formula is C18H14ClF3N2OS2. The molecule has 0 bridgehead atoms. The van der Waals surface area contributed by atoms with Crippen LogP contribution in [0.4, 0.5) is 18.9 Å². The van der Waals surface area contributed by atoms with Crippen molar-refractivity contribution in [1.82, 2.24) is 4.90 Å². The molecule has 1 aromatic carbocycles. The normalized spacial score (nSPS) is 11.4. The molecular weight excluding hydrogens is 417 g/mol. The van der Waals surface area contributed by atoms with Gasteiger partial charge in [-0.1, -0.05) is 17.7 Å². The second-order valence-electron chi connectivity index (χ2n) is 5.64. The highest BCUT2D eigenvalue weighted by molar-refractivity contribution is 7.80. The van der Waals surface area contributed by atoms with Gasteiger partial charge in [0.05, 0.1) is 35.6 Å². The molecule has 142 valence electrons. The van der Waals surface area contributed by atoms with E-state index in [1.807, 2.05) is 28.5 Å². The number of nitrogens with zero attached hydrogens (tertiary/aromatic N) is 1. The Morgan fingerprint density at radius 1 is 1.19 bits per heavy atom. The van der Waals surface area contributed by atoms with Gasteiger partial charge in [-0.05, 0) is 54.0 Å². The zero-order valence-corrected chi connectivity index (χ0v) is 16.2. The number of hydrogen-bond acceptors (Lipinski definition) is 3. The summed E-state index contributed by atoms with van der Waals surface area (Å²) < 4.78 is 43.8. The summed E-state index contributed by atoms with van der Waals surface area (Å²) in [5, 5.41) is 5.18. The summed E-state index contributed by atoms with van der Waals surface area (Å²) in [7, 11) is 0. The standard InChI is InChI=1S/C18H14ClF3N2OS2/c19-15-9-12(18(20,21)22)5-6-16(15)23-17(26)24(10-13-3-1-7-25-13)11-14-4-2-8-27-14/h1-9H,10-11H2,(H,23,26). The third kappa shape index (κ3) is 5.24. The van der Waals surface area contributed by atoms with Crippen molar-refractivity contribution >= 4 is 46.0 Å². The quantitative estimate of drug-likeness (QED) is 0.473. The Hall–Kier alpha value is -2.03. The molecule has 3 rings (SSSR count). The van der Waals surface area contributed by atoms with Crippen LogP contribution >= 0.6 is 35.2 Å². The lowest BCUT2D eigenvalue weighted by Crippen LogP contribution is -2.33. The zero-order chi connectivity index (χ0) is 19.4. The molecule has 1 N–H and O–H groups in total. The molecule has 3 aromatic rings. The summed E-state index contributed by atoms with van der Waals surface area (Å²) in [5.74, 6) is 0.717. The van der Waals surface area contributed by atoms with Crippen LogP contribution in [0, 0.1) is 0 Å². The highest BCUT2D eigenvalue weighted by Crippen LogP contribution is 2.34. The van der Waals surface area contributed by atoms with Crippen molar-refractivity contribution in [3.8, 4) is 0 Å². The number of nitrogens with one attached hydrogen (secondary N) is 1. The van der Waals surface area contributed by atoms with E-state index in [4.69, 9.17) is 28.2 Å². The number of hydrogen-bond donors (Lipinski definition) is 1. The second-order valence-corrected chi connectivity index (χ2v) is 7.46. The lowest BCUT2D eigenvalue weighted by Gasteiger charge is -2.25. The lowest BCUT2D eigenvalue weighted by molar-refractivity contribution is -0.137. The van der Waals surface area contributed by atoms with Crippen LogP contribution in [0.2, 0.25) is 5.02 Å². The monoisotopic (exact) mass is 430 g/mol. The van der Waals surface area contributed by atoms with Gasteiger partial charge in [0.25, 0.3) is 0 Å². The van der Waals surface area contributed by atoms with Crippen molar-refractivity contribution in [3.63, 3.8) is 0 Å². The third-order valence-corrected chi connectivity index (χ3v) is 5.21. The molecule has 9 heteroatoms. The smallest absolute Gasteiger partial charge is 0.416 e. The predicted molar refractivity (Wildman–Crippen MR) is 105 cm³/mol. The summed E-state index contributed by atoms with van der Waals surface area (Å²) in [6.45, 7) is 0.942. The van der Waals surface area contributed by atoms with Gasteiger partial charge >= 0.3 is 6.18 Å². The van der Waals surface area contributed by atoms with Gasteiger partial charge in [-0.15, -0.1) is 11.3 Å². The van der Waals surface area contributed by atoms with E-state index in [0.717, 1.165) is 17.0 Å². The maximum Gasteiger partial charge on any atom is 0.416 e. The van der Waals surface area contributed by atoms with E-state index >= 15 is 0 Å². The van der Waals surface area contributed by atoms with Gasteiger partial charge in [0.15, 0.2) is 5.11 Å². The van der Waals surface area contributed by atoms with Crippen LogP contribution in [0.1, 0.15) is 16.2 Å². The molecule has 2 heterocycles. The fraction of sp³-hybridized carbons (Fsp3) is 0.167. The van der Waals surface area contributed by atoms with Crippen molar-refractivity contribution in [2.75, 3.05) is 5.32 Å². The summed E-state index contributed by atoms with van der Waals surface area (Å²) in [6.07, 6.45) is -2.88. The Morgan fingerprint density at radius 2 is 2.00 bits per heavy atom. The molecule has 0 aliphatic carbocycles. The number of anilines is 1. The van der Waals surface area contributed by atoms with Gasteiger partial charge in [0.1, 0.15) is 5.76 Å². The average molecular weight is 431 g/mol. The number of benzene rings is 1. The molecule has 0 unspecified atom stereocenters. The predicted octanol–water partition coefficient (Wildman–Crippen LogP) is 6.41. The minimum atomic E-state index is -4.45. The third-order valence-electron chi connectivity index (χ3n) is 3.68. The first-order chi connectivity index (χ1) is 12.8. The van der Waals surface area contributed by atoms with Gasteiger partial charge < -0.3 is 14.6 Å². The van der Waals surface area contributed by atoms with Gasteiger partial charge in [0, 0.05) is 4.88 Å². The Kier molecular flexibility index (Phi) is 6.08. The minimum Gasteiger partial charge on any atom is -0.467 e. The number of thiocarbonyl (C=S) groups is 1. The Labute approximate surface area is 168 Å². The first-order valence-corrected chi connectivity index (χ1v) is 9.47. The second kappa shape index (κ2) is 8.33. The largest absolute Gasteiger partial charge is 0.467 e. The molecule has 0 amide bonds. The fourth-order valence-electron chi connectivity index (χ4n) is 2.37. The van der Waals surface area contributed by atoms with Gasteiger partial charge in [0.2, 0.25) is 0 Å². The number of halogens is 4. The zero-order valence-electron chi connectivity index (χ0n) is 13.8. The van der Waals surface area contributed by atoms with Gasteiger partial charge in [-0.25, -0.2) is 0 Å². The van der Waals surface area contributed by atoms with E-state index in [0.29, 0.717) is 29.6 Å². The van der Waals surface area contributed by atoms with Crippen LogP contribution in [-0.2, 0) is 19.3 Å². The number of alkyl halides is 3. The highest BCUT2D eigenvalue weighted by atomic mass is 35.5. The maximum absolute atomic E-state index is 12.8. The minimum absolute atomic E-state index is 0.0544. The number of thiophene rings is 1. The van der Waals surface area contributed by atoms with Crippen LogP contribution < -0.4 is 5.32 Å². The van der Waals surface area contributed by atoms with Crippen molar-refractivity contribution in [2.45, 2.75) is 19.3 Å². The van der Waals surface area contributed by atoms with E-state index in [1.54, 1.807) is 23.7 Å². The van der Waals surface area contributed by atoms with Gasteiger partial charge in [-0.2, -0.15) is 13.2 Å². The maximum atomic E-state index is 12.8. The highest BCUT2D eigenvalue weighted by Gasteiger charge is 2.31. The first-order valence-electron chi connectivity index (χ1n) is 7.80. The van der Waals surface area contributed by atoms with E-state index in [1.165, 1.54) is 6.07 Å². The molecule has 0 saturated heterocycles. The summed E-state index contributed by atoms with van der Waals surface area (Å²) in [5.41, 5.74) is -0.500. The van der Waals surface area contributed by atoms with Crippen molar-refractivity contribution in [1.29, 1.82) is 0 Å². The van der Waals surface area contributed by atoms with Crippen molar-refractivity contribution < 1.29 is 17.6 Å². The molecule has 0 fully saturated rings. The topological polar surface area (TPSA) is 28.4 Å². The average Bonchev–Trinajstić information content (AvgIpc) is 3.29. The molecule has 0 spiro atoms. The molecule has 0 atom stereocenters. The van der Waals surface area contributed by atoms with E-state index < -0.39 is 11.7 Å². The van der Waals surface area contributed by atoms with Gasteiger partial charge in [-0.3, -0.25) is 0 Å². The van der Waals surface area contributed by atoms with E-state index in [9.17, 15) is 13.2 Å². The Morgan fingerprint density at radius 3 is 2.59 bits per heavy atom. The van der Waals surface area contributed by atoms with Crippen LogP contribution in [0.25, 0.3) is 0 Å². The fourth-order valence-corrected chi connectivity index (χ4v) is 3.55. The molecule has 2 aromatic heterocycles. The van der Waals surface area contributed by atoms with Crippen LogP contribution in [0.5, 0.6) is 0 Å².